The number of thioether (sulfide) groups is 1. The van der Waals surface area contributed by atoms with Crippen molar-refractivity contribution >= 4 is 23.1 Å². The van der Waals surface area contributed by atoms with E-state index in [9.17, 15) is 0 Å². The van der Waals surface area contributed by atoms with E-state index in [0.29, 0.717) is 5.25 Å². The van der Waals surface area contributed by atoms with E-state index < -0.39 is 0 Å². The lowest BCUT2D eigenvalue weighted by Crippen LogP contribution is -2.06. The molecule has 0 aliphatic heterocycles. The number of aryl methyl sites for hydroxylation is 2. The molecule has 0 saturated carbocycles. The van der Waals surface area contributed by atoms with Crippen molar-refractivity contribution in [1.29, 1.82) is 0 Å². The van der Waals surface area contributed by atoms with Crippen molar-refractivity contribution in [2.45, 2.75) is 35.8 Å². The molecule has 0 unspecified atom stereocenters. The van der Waals surface area contributed by atoms with Crippen molar-refractivity contribution < 1.29 is 0 Å². The van der Waals surface area contributed by atoms with Gasteiger partial charge in [0, 0.05) is 16.3 Å². The molecule has 0 amide bonds. The summed E-state index contributed by atoms with van der Waals surface area (Å²) in [6.45, 7) is 2.06. The topological polar surface area (TPSA) is 12.9 Å². The van der Waals surface area contributed by atoms with E-state index >= 15 is 0 Å². The summed E-state index contributed by atoms with van der Waals surface area (Å²) in [5, 5.41) is 2.74. The summed E-state index contributed by atoms with van der Waals surface area (Å²) >= 11 is 3.71. The summed E-state index contributed by atoms with van der Waals surface area (Å²) < 4.78 is 1.21. The van der Waals surface area contributed by atoms with Crippen LogP contribution in [-0.4, -0.2) is 4.98 Å². The molecule has 3 heteroatoms. The van der Waals surface area contributed by atoms with Crippen molar-refractivity contribution in [1.82, 2.24) is 4.98 Å². The molecule has 17 heavy (non-hydrogen) atoms. The lowest BCUT2D eigenvalue weighted by atomic mass is 9.91. The maximum absolute atomic E-state index is 4.56. The lowest BCUT2D eigenvalue weighted by molar-refractivity contribution is 0.673. The van der Waals surface area contributed by atoms with E-state index in [1.54, 1.807) is 11.3 Å². The molecule has 88 valence electrons. The molecule has 2 aromatic rings. The standard InChI is InChI=1S/C14H15NS2/c1-10-9-16-14(15-10)17-13-8-4-6-11-5-2-3-7-12(11)13/h2-3,5,7,9,13H,4,6,8H2,1H3/t13-/m0/s1. The van der Waals surface area contributed by atoms with Gasteiger partial charge in [-0.1, -0.05) is 36.0 Å². The first kappa shape index (κ1) is 11.3. The van der Waals surface area contributed by atoms with Gasteiger partial charge in [-0.05, 0) is 37.3 Å². The number of hydrogen-bond acceptors (Lipinski definition) is 3. The second-order valence-corrected chi connectivity index (χ2v) is 6.76. The zero-order valence-corrected chi connectivity index (χ0v) is 11.5. The van der Waals surface area contributed by atoms with Crippen molar-refractivity contribution in [3.8, 4) is 0 Å². The Morgan fingerprint density at radius 1 is 1.35 bits per heavy atom. The Hall–Kier alpha value is -0.800. The number of fused-ring (bicyclic) bond motifs is 1. The summed E-state index contributed by atoms with van der Waals surface area (Å²) in [6, 6.07) is 8.87. The maximum atomic E-state index is 4.56. The quantitative estimate of drug-likeness (QED) is 0.782. The largest absolute Gasteiger partial charge is 0.235 e. The van der Waals surface area contributed by atoms with Gasteiger partial charge in [-0.2, -0.15) is 0 Å². The van der Waals surface area contributed by atoms with E-state index in [-0.39, 0.29) is 0 Å². The number of rotatable bonds is 2. The summed E-state index contributed by atoms with van der Waals surface area (Å²) in [7, 11) is 0. The minimum absolute atomic E-state index is 0.602. The molecule has 0 N–H and O–H groups in total. The van der Waals surface area contributed by atoms with E-state index in [1.807, 2.05) is 11.8 Å². The maximum Gasteiger partial charge on any atom is 0.150 e. The fourth-order valence-electron chi connectivity index (χ4n) is 2.34. The fourth-order valence-corrected chi connectivity index (χ4v) is 4.66. The molecular formula is C14H15NS2. The molecule has 0 bridgehead atoms. The second-order valence-electron chi connectivity index (χ2n) is 4.45. The molecule has 0 saturated heterocycles. The van der Waals surface area contributed by atoms with Gasteiger partial charge in [-0.25, -0.2) is 4.98 Å². The predicted molar refractivity (Wildman–Crippen MR) is 74.8 cm³/mol. The van der Waals surface area contributed by atoms with Crippen molar-refractivity contribution in [2.24, 2.45) is 0 Å². The Morgan fingerprint density at radius 2 is 2.24 bits per heavy atom. The normalized spacial score (nSPS) is 19.0. The van der Waals surface area contributed by atoms with Crippen molar-refractivity contribution in [3.05, 3.63) is 46.5 Å². The molecule has 1 heterocycles. The Bertz CT molecular complexity index is 518. The molecule has 0 radical (unpaired) electrons. The van der Waals surface area contributed by atoms with Crippen LogP contribution in [0.2, 0.25) is 0 Å². The van der Waals surface area contributed by atoms with Gasteiger partial charge in [0.15, 0.2) is 4.34 Å². The Balaban J connectivity index is 1.85. The fraction of sp³-hybridized carbons (Fsp3) is 0.357. The highest BCUT2D eigenvalue weighted by Crippen LogP contribution is 2.43. The summed E-state index contributed by atoms with van der Waals surface area (Å²) in [5.41, 5.74) is 4.20. The molecule has 1 aromatic carbocycles. The van der Waals surface area contributed by atoms with Crippen LogP contribution < -0.4 is 0 Å². The highest BCUT2D eigenvalue weighted by atomic mass is 32.2. The zero-order valence-electron chi connectivity index (χ0n) is 9.85. The number of nitrogens with zero attached hydrogens (tertiary/aromatic N) is 1. The van der Waals surface area contributed by atoms with Crippen LogP contribution in [0.3, 0.4) is 0 Å². The third-order valence-corrected chi connectivity index (χ3v) is 5.55. The van der Waals surface area contributed by atoms with E-state index in [1.165, 1.54) is 34.7 Å². The summed E-state index contributed by atoms with van der Waals surface area (Å²) in [4.78, 5) is 4.56. The lowest BCUT2D eigenvalue weighted by Gasteiger charge is -2.24. The van der Waals surface area contributed by atoms with Gasteiger partial charge < -0.3 is 0 Å². The van der Waals surface area contributed by atoms with E-state index in [2.05, 4.69) is 41.6 Å². The highest BCUT2D eigenvalue weighted by Gasteiger charge is 2.21. The Morgan fingerprint density at radius 3 is 3.06 bits per heavy atom. The minimum Gasteiger partial charge on any atom is -0.235 e. The molecule has 0 fully saturated rings. The second kappa shape index (κ2) is 4.83. The van der Waals surface area contributed by atoms with Crippen LogP contribution in [0.15, 0.2) is 34.0 Å². The third-order valence-electron chi connectivity index (χ3n) is 3.16. The van der Waals surface area contributed by atoms with E-state index in [4.69, 9.17) is 0 Å². The SMILES string of the molecule is Cc1csc(S[C@H]2CCCc3ccccc32)n1. The molecular weight excluding hydrogens is 246 g/mol. The first-order chi connectivity index (χ1) is 8.33. The van der Waals surface area contributed by atoms with Gasteiger partial charge in [0.2, 0.25) is 0 Å². The van der Waals surface area contributed by atoms with Gasteiger partial charge in [-0.15, -0.1) is 11.3 Å². The van der Waals surface area contributed by atoms with Gasteiger partial charge in [-0.3, -0.25) is 0 Å². The molecule has 3 rings (SSSR count). The van der Waals surface area contributed by atoms with Crippen LogP contribution in [0.4, 0.5) is 0 Å². The van der Waals surface area contributed by atoms with Gasteiger partial charge in [0.25, 0.3) is 0 Å². The Labute approximate surface area is 110 Å². The monoisotopic (exact) mass is 261 g/mol. The third kappa shape index (κ3) is 2.40. The summed E-state index contributed by atoms with van der Waals surface area (Å²) in [5.74, 6) is 0. The van der Waals surface area contributed by atoms with E-state index in [0.717, 1.165) is 5.69 Å². The summed E-state index contributed by atoms with van der Waals surface area (Å²) in [6.07, 6.45) is 3.82. The first-order valence-electron chi connectivity index (χ1n) is 5.99. The van der Waals surface area contributed by atoms with Gasteiger partial charge in [0.05, 0.1) is 0 Å². The smallest absolute Gasteiger partial charge is 0.150 e. The predicted octanol–water partition coefficient (Wildman–Crippen LogP) is 4.62. The minimum atomic E-state index is 0.602. The van der Waals surface area contributed by atoms with Crippen molar-refractivity contribution in [3.63, 3.8) is 0 Å². The van der Waals surface area contributed by atoms with Gasteiger partial charge >= 0.3 is 0 Å². The molecule has 1 atom stereocenters. The first-order valence-corrected chi connectivity index (χ1v) is 7.75. The zero-order chi connectivity index (χ0) is 11.7. The van der Waals surface area contributed by atoms with Crippen LogP contribution in [0.5, 0.6) is 0 Å². The van der Waals surface area contributed by atoms with Crippen LogP contribution in [0, 0.1) is 6.92 Å². The number of benzene rings is 1. The molecule has 1 aliphatic carbocycles. The molecule has 0 spiro atoms. The van der Waals surface area contributed by atoms with Crippen LogP contribution in [-0.2, 0) is 6.42 Å². The molecule has 1 nitrogen and oxygen atoms in total. The van der Waals surface area contributed by atoms with Crippen molar-refractivity contribution in [2.75, 3.05) is 0 Å². The average Bonchev–Trinajstić information content (AvgIpc) is 2.75. The molecule has 1 aromatic heterocycles. The number of aromatic nitrogens is 1. The van der Waals surface area contributed by atoms with Crippen LogP contribution >= 0.6 is 23.1 Å². The van der Waals surface area contributed by atoms with Crippen LogP contribution in [0.1, 0.15) is 34.9 Å². The number of thiazole rings is 1. The molecule has 1 aliphatic rings. The van der Waals surface area contributed by atoms with Gasteiger partial charge in [0.1, 0.15) is 0 Å². The average molecular weight is 261 g/mol. The highest BCUT2D eigenvalue weighted by molar-refractivity contribution is 8.01. The number of hydrogen-bond donors (Lipinski definition) is 0. The van der Waals surface area contributed by atoms with Crippen LogP contribution in [0.25, 0.3) is 0 Å². The Kier molecular flexibility index (Phi) is 3.21.